The summed E-state index contributed by atoms with van der Waals surface area (Å²) >= 11 is 12.2. The molecule has 0 fully saturated rings. The minimum Gasteiger partial charge on any atom is -0.481 e. The Balaban J connectivity index is 0. The van der Waals surface area contributed by atoms with E-state index >= 15 is 0 Å². The molecule has 0 heterocycles. The first-order valence-electron chi connectivity index (χ1n) is 1.58. The highest BCUT2D eigenvalue weighted by Gasteiger charge is 1.83. The fourth-order valence-corrected chi connectivity index (χ4v) is 0. The number of carboxylic acids is 1. The summed E-state index contributed by atoms with van der Waals surface area (Å²) in [7, 11) is 0. The second kappa shape index (κ2) is 10.5. The molecule has 0 aromatic heterocycles. The van der Waals surface area contributed by atoms with Crippen molar-refractivity contribution in [3.05, 3.63) is 0 Å². The topological polar surface area (TPSA) is 37.3 Å². The number of carbonyl (C=O) groups is 1. The largest absolute Gasteiger partial charge is 0.481 e. The van der Waals surface area contributed by atoms with Gasteiger partial charge in [0.25, 0.3) is 0 Å². The molecule has 0 spiro atoms. The van der Waals surface area contributed by atoms with Gasteiger partial charge in [-0.25, -0.2) is 0 Å². The van der Waals surface area contributed by atoms with Crippen molar-refractivity contribution in [3.8, 4) is 0 Å². The van der Waals surface area contributed by atoms with Gasteiger partial charge in [-0.05, 0) is 0 Å². The summed E-state index contributed by atoms with van der Waals surface area (Å²) in [5.41, 5.74) is 0. The van der Waals surface area contributed by atoms with E-state index in [0.29, 0.717) is 0 Å². The van der Waals surface area contributed by atoms with Crippen molar-refractivity contribution in [2.45, 2.75) is 0 Å². The van der Waals surface area contributed by atoms with Gasteiger partial charge in [-0.1, -0.05) is 15.9 Å². The molecule has 0 amide bonds. The van der Waals surface area contributed by atoms with Gasteiger partial charge in [0.05, 0.1) is 5.34 Å². The predicted octanol–water partition coefficient (Wildman–Crippen LogP) is 1.89. The SMILES string of the molecule is ClCCl.O=C(O)CBr. The molecular formula is C3H5BrCl2O2. The Labute approximate surface area is 65.9 Å². The Morgan fingerprint density at radius 2 is 1.75 bits per heavy atom. The van der Waals surface area contributed by atoms with Gasteiger partial charge in [-0.3, -0.25) is 4.79 Å². The number of alkyl halides is 3. The van der Waals surface area contributed by atoms with E-state index in [0.717, 1.165) is 0 Å². The summed E-state index contributed by atoms with van der Waals surface area (Å²) in [6.45, 7) is 0. The summed E-state index contributed by atoms with van der Waals surface area (Å²) in [5, 5.41) is 7.90. The quantitative estimate of drug-likeness (QED) is 0.690. The minimum absolute atomic E-state index is 0.0347. The number of hydrogen-bond acceptors (Lipinski definition) is 1. The van der Waals surface area contributed by atoms with Gasteiger partial charge in [0.15, 0.2) is 0 Å². The van der Waals surface area contributed by atoms with E-state index in [9.17, 15) is 4.79 Å². The Morgan fingerprint density at radius 1 is 1.62 bits per heavy atom. The Hall–Kier alpha value is 0.530. The Morgan fingerprint density at radius 3 is 1.75 bits per heavy atom. The van der Waals surface area contributed by atoms with Gasteiger partial charge >= 0.3 is 5.97 Å². The van der Waals surface area contributed by atoms with Crippen LogP contribution in [-0.4, -0.2) is 21.7 Å². The van der Waals surface area contributed by atoms with E-state index in [2.05, 4.69) is 15.9 Å². The monoisotopic (exact) mass is 222 g/mol. The highest BCUT2D eigenvalue weighted by molar-refractivity contribution is 9.09. The van der Waals surface area contributed by atoms with E-state index in [1.807, 2.05) is 0 Å². The third kappa shape index (κ3) is 31.2. The summed E-state index contributed by atoms with van der Waals surface area (Å²) in [5.74, 6) is -0.829. The molecule has 0 aliphatic rings. The van der Waals surface area contributed by atoms with Gasteiger partial charge < -0.3 is 5.11 Å². The number of carboxylic acid groups (broad SMARTS) is 1. The molecule has 0 bridgehead atoms. The second-order valence-electron chi connectivity index (χ2n) is 0.628. The van der Waals surface area contributed by atoms with Crippen LogP contribution in [0.5, 0.6) is 0 Å². The second-order valence-corrected chi connectivity index (χ2v) is 2.00. The van der Waals surface area contributed by atoms with E-state index in [1.54, 1.807) is 0 Å². The molecule has 0 radical (unpaired) electrons. The van der Waals surface area contributed by atoms with Gasteiger partial charge in [-0.15, -0.1) is 23.2 Å². The molecule has 0 unspecified atom stereocenters. The maximum atomic E-state index is 9.32. The molecule has 0 aromatic rings. The average molecular weight is 224 g/mol. The van der Waals surface area contributed by atoms with Crippen LogP contribution in [0.25, 0.3) is 0 Å². The van der Waals surface area contributed by atoms with Crippen molar-refractivity contribution < 1.29 is 9.90 Å². The van der Waals surface area contributed by atoms with Crippen LogP contribution in [0.15, 0.2) is 0 Å². The van der Waals surface area contributed by atoms with Gasteiger partial charge in [-0.2, -0.15) is 0 Å². The first kappa shape index (κ1) is 11.3. The minimum atomic E-state index is -0.829. The Kier molecular flexibility index (Phi) is 14.9. The van der Waals surface area contributed by atoms with E-state index in [1.165, 1.54) is 0 Å². The third-order valence-electron chi connectivity index (χ3n) is 0.114. The zero-order chi connectivity index (χ0) is 6.99. The lowest BCUT2D eigenvalue weighted by Crippen LogP contribution is -1.92. The molecule has 0 aliphatic carbocycles. The third-order valence-corrected chi connectivity index (χ3v) is 0.594. The molecule has 0 saturated carbocycles. The summed E-state index contributed by atoms with van der Waals surface area (Å²) in [4.78, 5) is 9.32. The van der Waals surface area contributed by atoms with Gasteiger partial charge in [0.2, 0.25) is 0 Å². The standard InChI is InChI=1S/C2H3BrO2.CH2Cl2/c3-1-2(4)5;2-1-3/h1H2,(H,4,5);1H2. The lowest BCUT2D eigenvalue weighted by molar-refractivity contribution is -0.133. The molecule has 50 valence electrons. The van der Waals surface area contributed by atoms with E-state index in [4.69, 9.17) is 28.3 Å². The van der Waals surface area contributed by atoms with Crippen molar-refractivity contribution in [1.82, 2.24) is 0 Å². The summed E-state index contributed by atoms with van der Waals surface area (Å²) < 4.78 is 0. The zero-order valence-electron chi connectivity index (χ0n) is 3.90. The summed E-state index contributed by atoms with van der Waals surface area (Å²) in [6.07, 6.45) is 0. The van der Waals surface area contributed by atoms with Crippen LogP contribution in [0.2, 0.25) is 0 Å². The lowest BCUT2D eigenvalue weighted by Gasteiger charge is -1.70. The van der Waals surface area contributed by atoms with Crippen molar-refractivity contribution in [2.24, 2.45) is 0 Å². The molecular weight excluding hydrogens is 219 g/mol. The lowest BCUT2D eigenvalue weighted by atomic mass is 10.8. The van der Waals surface area contributed by atoms with Crippen molar-refractivity contribution in [3.63, 3.8) is 0 Å². The molecule has 1 N–H and O–H groups in total. The molecule has 0 rings (SSSR count). The fraction of sp³-hybridized carbons (Fsp3) is 0.667. The van der Waals surface area contributed by atoms with E-state index < -0.39 is 5.97 Å². The number of halogens is 3. The maximum Gasteiger partial charge on any atom is 0.314 e. The van der Waals surface area contributed by atoms with Crippen LogP contribution in [0.4, 0.5) is 0 Å². The number of hydrogen-bond donors (Lipinski definition) is 1. The zero-order valence-corrected chi connectivity index (χ0v) is 7.00. The molecule has 0 atom stereocenters. The first-order chi connectivity index (χ1) is 3.68. The molecule has 0 aromatic carbocycles. The molecule has 0 aliphatic heterocycles. The highest BCUT2D eigenvalue weighted by atomic mass is 79.9. The van der Waals surface area contributed by atoms with E-state index in [-0.39, 0.29) is 10.7 Å². The molecule has 2 nitrogen and oxygen atoms in total. The molecule has 8 heavy (non-hydrogen) atoms. The predicted molar refractivity (Wildman–Crippen MR) is 38.0 cm³/mol. The van der Waals surface area contributed by atoms with Crippen LogP contribution in [0.1, 0.15) is 0 Å². The van der Waals surface area contributed by atoms with Crippen LogP contribution in [0, 0.1) is 0 Å². The maximum absolute atomic E-state index is 9.32. The average Bonchev–Trinajstić information content (AvgIpc) is 1.69. The normalized spacial score (nSPS) is 6.88. The molecule has 5 heteroatoms. The fourth-order valence-electron chi connectivity index (χ4n) is 0. The van der Waals surface area contributed by atoms with Crippen LogP contribution in [-0.2, 0) is 4.79 Å². The smallest absolute Gasteiger partial charge is 0.314 e. The van der Waals surface area contributed by atoms with Crippen LogP contribution in [0.3, 0.4) is 0 Å². The summed E-state index contributed by atoms with van der Waals surface area (Å²) in [6, 6.07) is 0. The van der Waals surface area contributed by atoms with Crippen molar-refractivity contribution >= 4 is 45.1 Å². The Bertz CT molecular complexity index is 59.2. The first-order valence-corrected chi connectivity index (χ1v) is 3.77. The van der Waals surface area contributed by atoms with Gasteiger partial charge in [0, 0.05) is 0 Å². The van der Waals surface area contributed by atoms with Crippen molar-refractivity contribution in [1.29, 1.82) is 0 Å². The van der Waals surface area contributed by atoms with Crippen molar-refractivity contribution in [2.75, 3.05) is 10.7 Å². The van der Waals surface area contributed by atoms with Gasteiger partial charge in [0.1, 0.15) is 5.33 Å². The highest BCUT2D eigenvalue weighted by Crippen LogP contribution is 1.73. The molecule has 0 saturated heterocycles. The van der Waals surface area contributed by atoms with Crippen LogP contribution < -0.4 is 0 Å². The van der Waals surface area contributed by atoms with Crippen LogP contribution >= 0.6 is 39.1 Å². The number of aliphatic carboxylic acids is 1. The number of rotatable bonds is 1.